The van der Waals surface area contributed by atoms with E-state index < -0.39 is 36.2 Å². The van der Waals surface area contributed by atoms with Crippen molar-refractivity contribution in [3.63, 3.8) is 0 Å². The molecule has 0 aromatic heterocycles. The third kappa shape index (κ3) is 3.70. The Morgan fingerprint density at radius 1 is 1.38 bits per heavy atom. The van der Waals surface area contributed by atoms with Gasteiger partial charge in [0.1, 0.15) is 24.1 Å². The van der Waals surface area contributed by atoms with E-state index in [1.807, 2.05) is 0 Å². The summed E-state index contributed by atoms with van der Waals surface area (Å²) in [6, 6.07) is 6.40. The highest BCUT2D eigenvalue weighted by molar-refractivity contribution is 5.70. The van der Waals surface area contributed by atoms with Crippen LogP contribution in [0.5, 0.6) is 0 Å². The number of amides is 1. The second kappa shape index (κ2) is 6.45. The molecule has 0 N–H and O–H groups in total. The number of benzene rings is 1. The topological polar surface area (TPSA) is 38.8 Å². The predicted molar refractivity (Wildman–Crippen MR) is 90.1 cm³/mol. The van der Waals surface area contributed by atoms with Crippen molar-refractivity contribution >= 4 is 6.09 Å². The van der Waals surface area contributed by atoms with Crippen molar-refractivity contribution in [2.75, 3.05) is 6.67 Å². The van der Waals surface area contributed by atoms with E-state index in [2.05, 4.69) is 5.92 Å². The van der Waals surface area contributed by atoms with Crippen molar-refractivity contribution in [2.45, 2.75) is 58.1 Å². The summed E-state index contributed by atoms with van der Waals surface area (Å²) in [6.45, 7) is 8.05. The summed E-state index contributed by atoms with van der Waals surface area (Å²) >= 11 is 0. The van der Waals surface area contributed by atoms with Gasteiger partial charge in [0.05, 0.1) is 6.04 Å². The van der Waals surface area contributed by atoms with Gasteiger partial charge < -0.3 is 9.47 Å². The van der Waals surface area contributed by atoms with Gasteiger partial charge in [0.2, 0.25) is 0 Å². The normalized spacial score (nSPS) is 23.0. The van der Waals surface area contributed by atoms with Gasteiger partial charge in [-0.05, 0) is 52.3 Å². The first kappa shape index (κ1) is 18.3. The standard InChI is InChI=1S/C19H24FNO3/c1-7-13-8-10-14(11-9-13)16-15(12-20)21(19(5,6)23-16)17(22)24-18(2,3)4/h1,8-11,15-16H,12H2,2-6H3. The summed E-state index contributed by atoms with van der Waals surface area (Å²) in [7, 11) is 0. The van der Waals surface area contributed by atoms with E-state index in [0.29, 0.717) is 0 Å². The largest absolute Gasteiger partial charge is 0.444 e. The highest BCUT2D eigenvalue weighted by Crippen LogP contribution is 2.42. The van der Waals surface area contributed by atoms with Crippen LogP contribution in [0.4, 0.5) is 9.18 Å². The van der Waals surface area contributed by atoms with Gasteiger partial charge in [-0.3, -0.25) is 4.90 Å². The zero-order valence-electron chi connectivity index (χ0n) is 14.8. The Morgan fingerprint density at radius 2 is 1.96 bits per heavy atom. The maximum Gasteiger partial charge on any atom is 0.413 e. The molecule has 1 aromatic rings. The van der Waals surface area contributed by atoms with Gasteiger partial charge in [0.15, 0.2) is 0 Å². The highest BCUT2D eigenvalue weighted by Gasteiger charge is 2.51. The number of carbonyl (C=O) groups is 1. The Balaban J connectivity index is 2.32. The molecule has 1 aliphatic rings. The number of carbonyl (C=O) groups excluding carboxylic acids is 1. The molecule has 1 heterocycles. The number of terminal acetylenes is 1. The second-order valence-corrected chi connectivity index (χ2v) is 7.32. The summed E-state index contributed by atoms with van der Waals surface area (Å²) in [4.78, 5) is 13.9. The maximum absolute atomic E-state index is 13.8. The van der Waals surface area contributed by atoms with Crippen LogP contribution in [-0.2, 0) is 9.47 Å². The van der Waals surface area contributed by atoms with Crippen LogP contribution in [-0.4, -0.2) is 35.0 Å². The molecular weight excluding hydrogens is 309 g/mol. The van der Waals surface area contributed by atoms with Crippen molar-refractivity contribution in [1.82, 2.24) is 4.90 Å². The minimum Gasteiger partial charge on any atom is -0.444 e. The van der Waals surface area contributed by atoms with Crippen LogP contribution in [0.2, 0.25) is 0 Å². The average Bonchev–Trinajstić information content (AvgIpc) is 2.76. The zero-order chi connectivity index (χ0) is 18.1. The molecule has 2 unspecified atom stereocenters. The Hall–Kier alpha value is -2.06. The van der Waals surface area contributed by atoms with Crippen LogP contribution in [0, 0.1) is 12.3 Å². The van der Waals surface area contributed by atoms with Gasteiger partial charge in [-0.15, -0.1) is 6.42 Å². The van der Waals surface area contributed by atoms with Crippen LogP contribution >= 0.6 is 0 Å². The van der Waals surface area contributed by atoms with Crippen LogP contribution in [0.1, 0.15) is 51.8 Å². The summed E-state index contributed by atoms with van der Waals surface area (Å²) in [6.07, 6.45) is 4.20. The van der Waals surface area contributed by atoms with Gasteiger partial charge in [0, 0.05) is 5.56 Å². The molecule has 130 valence electrons. The molecule has 1 amide bonds. The molecule has 0 radical (unpaired) electrons. The number of hydrogen-bond donors (Lipinski definition) is 0. The van der Waals surface area contributed by atoms with Gasteiger partial charge in [0.25, 0.3) is 0 Å². The molecule has 2 atom stereocenters. The lowest BCUT2D eigenvalue weighted by Gasteiger charge is -2.34. The van der Waals surface area contributed by atoms with Gasteiger partial charge in [-0.2, -0.15) is 0 Å². The molecule has 4 nitrogen and oxygen atoms in total. The van der Waals surface area contributed by atoms with Crippen LogP contribution in [0.3, 0.4) is 0 Å². The van der Waals surface area contributed by atoms with Gasteiger partial charge in [-0.25, -0.2) is 9.18 Å². The van der Waals surface area contributed by atoms with Crippen molar-refractivity contribution in [1.29, 1.82) is 0 Å². The van der Waals surface area contributed by atoms with E-state index in [-0.39, 0.29) is 0 Å². The molecule has 1 saturated heterocycles. The van der Waals surface area contributed by atoms with Gasteiger partial charge >= 0.3 is 6.09 Å². The Labute approximate surface area is 142 Å². The van der Waals surface area contributed by atoms with Crippen LogP contribution in [0.25, 0.3) is 0 Å². The lowest BCUT2D eigenvalue weighted by Crippen LogP contribution is -2.50. The predicted octanol–water partition coefficient (Wildman–Crippen LogP) is 4.05. The molecule has 0 aliphatic carbocycles. The minimum absolute atomic E-state index is 0.579. The monoisotopic (exact) mass is 333 g/mol. The number of nitrogens with zero attached hydrogens (tertiary/aromatic N) is 1. The van der Waals surface area contributed by atoms with Gasteiger partial charge in [-0.1, -0.05) is 18.1 Å². The number of ether oxygens (including phenoxy) is 2. The van der Waals surface area contributed by atoms with E-state index in [9.17, 15) is 9.18 Å². The molecular formula is C19H24FNO3. The van der Waals surface area contributed by atoms with Crippen molar-refractivity contribution in [3.05, 3.63) is 35.4 Å². The maximum atomic E-state index is 13.8. The minimum atomic E-state index is -0.978. The van der Waals surface area contributed by atoms with Crippen LogP contribution in [0.15, 0.2) is 24.3 Å². The van der Waals surface area contributed by atoms with E-state index >= 15 is 0 Å². The summed E-state index contributed by atoms with van der Waals surface area (Å²) in [5.41, 5.74) is -0.137. The molecule has 1 aromatic carbocycles. The first-order valence-electron chi connectivity index (χ1n) is 7.92. The molecule has 0 bridgehead atoms. The summed E-state index contributed by atoms with van der Waals surface area (Å²) < 4.78 is 25.2. The van der Waals surface area contributed by atoms with Crippen LogP contribution < -0.4 is 0 Å². The fraction of sp³-hybridized carbons (Fsp3) is 0.526. The first-order valence-corrected chi connectivity index (χ1v) is 7.92. The number of halogens is 1. The molecule has 24 heavy (non-hydrogen) atoms. The van der Waals surface area contributed by atoms with E-state index in [1.165, 1.54) is 4.90 Å². The molecule has 2 rings (SSSR count). The van der Waals surface area contributed by atoms with Crippen molar-refractivity contribution < 1.29 is 18.7 Å². The molecule has 5 heteroatoms. The lowest BCUT2D eigenvalue weighted by molar-refractivity contribution is -0.0797. The lowest BCUT2D eigenvalue weighted by atomic mass is 10.0. The Morgan fingerprint density at radius 3 is 2.42 bits per heavy atom. The quantitative estimate of drug-likeness (QED) is 0.767. The fourth-order valence-corrected chi connectivity index (χ4v) is 2.86. The number of rotatable bonds is 2. The second-order valence-electron chi connectivity index (χ2n) is 7.32. The average molecular weight is 333 g/mol. The smallest absolute Gasteiger partial charge is 0.413 e. The van der Waals surface area contributed by atoms with Crippen molar-refractivity contribution in [2.24, 2.45) is 0 Å². The number of hydrogen-bond acceptors (Lipinski definition) is 3. The first-order chi connectivity index (χ1) is 11.1. The third-order valence-corrected chi connectivity index (χ3v) is 3.83. The summed E-state index contributed by atoms with van der Waals surface area (Å²) in [5, 5.41) is 0. The highest BCUT2D eigenvalue weighted by atomic mass is 19.1. The summed E-state index contributed by atoms with van der Waals surface area (Å²) in [5.74, 6) is 2.54. The Bertz CT molecular complexity index is 640. The van der Waals surface area contributed by atoms with E-state index in [1.54, 1.807) is 58.9 Å². The third-order valence-electron chi connectivity index (χ3n) is 3.83. The molecule has 0 spiro atoms. The fourth-order valence-electron chi connectivity index (χ4n) is 2.86. The molecule has 1 fully saturated rings. The van der Waals surface area contributed by atoms with E-state index in [4.69, 9.17) is 15.9 Å². The number of alkyl halides is 1. The molecule has 1 aliphatic heterocycles. The zero-order valence-corrected chi connectivity index (χ0v) is 14.8. The SMILES string of the molecule is C#Cc1ccc(C2OC(C)(C)N(C(=O)OC(C)(C)C)C2CF)cc1. The van der Waals surface area contributed by atoms with E-state index in [0.717, 1.165) is 11.1 Å². The molecule has 0 saturated carbocycles. The Kier molecular flexibility index (Phi) is 4.91. The van der Waals surface area contributed by atoms with Crippen molar-refractivity contribution in [3.8, 4) is 12.3 Å².